The number of aliphatic hydroxyl groups is 1. The number of carboxylic acid groups (broad SMARTS) is 1. The van der Waals surface area contributed by atoms with Crippen molar-refractivity contribution in [3.8, 4) is 0 Å². The van der Waals surface area contributed by atoms with Crippen LogP contribution in [-0.2, 0) is 0 Å². The Hall–Kier alpha value is -1.14. The van der Waals surface area contributed by atoms with Crippen LogP contribution in [0, 0.1) is 0 Å². The zero-order chi connectivity index (χ0) is 10.6. The highest BCUT2D eigenvalue weighted by Gasteiger charge is 2.08. The molecule has 1 heterocycles. The van der Waals surface area contributed by atoms with Crippen molar-refractivity contribution in [3.63, 3.8) is 0 Å². The smallest absolute Gasteiger partial charge is 0.356 e. The number of aliphatic hydroxyl groups excluding tert-OH is 1. The van der Waals surface area contributed by atoms with Gasteiger partial charge < -0.3 is 10.2 Å². The van der Waals surface area contributed by atoms with Crippen LogP contribution in [0.2, 0.25) is 0 Å². The normalized spacial score (nSPS) is 12.4. The van der Waals surface area contributed by atoms with Gasteiger partial charge in [0, 0.05) is 5.25 Å². The summed E-state index contributed by atoms with van der Waals surface area (Å²) in [5, 5.41) is 17.9. The monoisotopic (exact) mass is 214 g/mol. The predicted octanol–water partition coefficient (Wildman–Crippen LogP) is 0.648. The highest BCUT2D eigenvalue weighted by Crippen LogP contribution is 2.19. The standard InChI is InChI=1S/C8H10N2O3S/c1-5(4-11)14-7-3-9-2-6(10-7)8(12)13/h2-3,5,11H,4H2,1H3,(H,12,13). The highest BCUT2D eigenvalue weighted by atomic mass is 32.2. The van der Waals surface area contributed by atoms with Crippen molar-refractivity contribution in [3.05, 3.63) is 18.1 Å². The fraction of sp³-hybridized carbons (Fsp3) is 0.375. The van der Waals surface area contributed by atoms with Crippen LogP contribution >= 0.6 is 11.8 Å². The average Bonchev–Trinajstić information content (AvgIpc) is 2.18. The molecular formula is C8H10N2O3S. The fourth-order valence-electron chi connectivity index (χ4n) is 0.751. The zero-order valence-electron chi connectivity index (χ0n) is 7.54. The Kier molecular flexibility index (Phi) is 3.84. The Bertz CT molecular complexity index is 332. The van der Waals surface area contributed by atoms with Crippen LogP contribution in [0.5, 0.6) is 0 Å². The Morgan fingerprint density at radius 2 is 2.36 bits per heavy atom. The molecule has 14 heavy (non-hydrogen) atoms. The molecule has 0 aliphatic heterocycles. The molecular weight excluding hydrogens is 204 g/mol. The molecule has 0 aliphatic carbocycles. The summed E-state index contributed by atoms with van der Waals surface area (Å²) >= 11 is 1.29. The summed E-state index contributed by atoms with van der Waals surface area (Å²) in [5.41, 5.74) is -0.0832. The second-order valence-electron chi connectivity index (χ2n) is 2.66. The number of aromatic carboxylic acids is 1. The molecule has 0 amide bonds. The summed E-state index contributed by atoms with van der Waals surface area (Å²) in [5.74, 6) is -1.10. The Morgan fingerprint density at radius 3 is 2.93 bits per heavy atom. The molecule has 76 valence electrons. The zero-order valence-corrected chi connectivity index (χ0v) is 8.36. The number of aromatic nitrogens is 2. The van der Waals surface area contributed by atoms with Crippen molar-refractivity contribution >= 4 is 17.7 Å². The van der Waals surface area contributed by atoms with Crippen LogP contribution in [0.3, 0.4) is 0 Å². The van der Waals surface area contributed by atoms with E-state index in [1.165, 1.54) is 24.2 Å². The van der Waals surface area contributed by atoms with Crippen LogP contribution in [-0.4, -0.2) is 38.0 Å². The lowest BCUT2D eigenvalue weighted by Crippen LogP contribution is -2.05. The van der Waals surface area contributed by atoms with Crippen molar-refractivity contribution < 1.29 is 15.0 Å². The first kappa shape index (κ1) is 10.9. The Morgan fingerprint density at radius 1 is 1.64 bits per heavy atom. The van der Waals surface area contributed by atoms with E-state index in [0.29, 0.717) is 5.03 Å². The maximum atomic E-state index is 10.5. The Labute approximate surface area is 85.2 Å². The molecule has 0 bridgehead atoms. The summed E-state index contributed by atoms with van der Waals surface area (Å²) in [6.45, 7) is 1.84. The van der Waals surface area contributed by atoms with Gasteiger partial charge in [-0.1, -0.05) is 18.7 Å². The van der Waals surface area contributed by atoms with Crippen LogP contribution < -0.4 is 0 Å². The van der Waals surface area contributed by atoms with Crippen LogP contribution in [0.1, 0.15) is 17.4 Å². The molecule has 0 aromatic carbocycles. The molecule has 1 rings (SSSR count). The molecule has 6 heteroatoms. The van der Waals surface area contributed by atoms with Gasteiger partial charge in [0.05, 0.1) is 19.0 Å². The molecule has 0 fully saturated rings. The number of hydrogen-bond donors (Lipinski definition) is 2. The van der Waals surface area contributed by atoms with Gasteiger partial charge in [0.2, 0.25) is 0 Å². The van der Waals surface area contributed by atoms with Crippen molar-refractivity contribution in [1.29, 1.82) is 0 Å². The van der Waals surface area contributed by atoms with Crippen molar-refractivity contribution in [2.45, 2.75) is 17.2 Å². The van der Waals surface area contributed by atoms with E-state index in [9.17, 15) is 4.79 Å². The molecule has 5 nitrogen and oxygen atoms in total. The predicted molar refractivity (Wildman–Crippen MR) is 51.4 cm³/mol. The fourth-order valence-corrected chi connectivity index (χ4v) is 1.51. The maximum Gasteiger partial charge on any atom is 0.356 e. The van der Waals surface area contributed by atoms with Crippen LogP contribution in [0.15, 0.2) is 17.4 Å². The van der Waals surface area contributed by atoms with Gasteiger partial charge in [-0.15, -0.1) is 0 Å². The van der Waals surface area contributed by atoms with E-state index in [2.05, 4.69) is 9.97 Å². The highest BCUT2D eigenvalue weighted by molar-refractivity contribution is 7.99. The van der Waals surface area contributed by atoms with E-state index in [0.717, 1.165) is 0 Å². The molecule has 0 saturated heterocycles. The van der Waals surface area contributed by atoms with Crippen LogP contribution in [0.25, 0.3) is 0 Å². The van der Waals surface area contributed by atoms with Crippen molar-refractivity contribution in [1.82, 2.24) is 9.97 Å². The van der Waals surface area contributed by atoms with Gasteiger partial charge in [-0.25, -0.2) is 9.78 Å². The number of carboxylic acids is 1. The van der Waals surface area contributed by atoms with Crippen molar-refractivity contribution in [2.24, 2.45) is 0 Å². The molecule has 1 aromatic rings. The number of nitrogens with zero attached hydrogens (tertiary/aromatic N) is 2. The largest absolute Gasteiger partial charge is 0.476 e. The molecule has 1 atom stereocenters. The number of thioether (sulfide) groups is 1. The quantitative estimate of drug-likeness (QED) is 0.716. The van der Waals surface area contributed by atoms with Gasteiger partial charge in [-0.3, -0.25) is 4.98 Å². The van der Waals surface area contributed by atoms with E-state index >= 15 is 0 Å². The lowest BCUT2D eigenvalue weighted by atomic mass is 10.5. The van der Waals surface area contributed by atoms with E-state index in [-0.39, 0.29) is 17.6 Å². The summed E-state index contributed by atoms with van der Waals surface area (Å²) in [7, 11) is 0. The topological polar surface area (TPSA) is 83.3 Å². The lowest BCUT2D eigenvalue weighted by Gasteiger charge is -2.05. The van der Waals surface area contributed by atoms with E-state index in [1.807, 2.05) is 6.92 Å². The van der Waals surface area contributed by atoms with E-state index in [1.54, 1.807) is 0 Å². The lowest BCUT2D eigenvalue weighted by molar-refractivity contribution is 0.0689. The summed E-state index contributed by atoms with van der Waals surface area (Å²) in [4.78, 5) is 18.1. The second-order valence-corrected chi connectivity index (χ2v) is 4.12. The minimum absolute atomic E-state index is 0.0175. The van der Waals surface area contributed by atoms with Gasteiger partial charge >= 0.3 is 5.97 Å². The van der Waals surface area contributed by atoms with Gasteiger partial charge in [0.1, 0.15) is 5.03 Å². The summed E-state index contributed by atoms with van der Waals surface area (Å²) in [6, 6.07) is 0. The minimum Gasteiger partial charge on any atom is -0.476 e. The molecule has 1 unspecified atom stereocenters. The van der Waals surface area contributed by atoms with Crippen molar-refractivity contribution in [2.75, 3.05) is 6.61 Å². The molecule has 0 aliphatic rings. The Balaban J connectivity index is 2.78. The first-order chi connectivity index (χ1) is 6.63. The number of rotatable bonds is 4. The summed E-state index contributed by atoms with van der Waals surface area (Å²) < 4.78 is 0. The molecule has 0 saturated carbocycles. The number of hydrogen-bond acceptors (Lipinski definition) is 5. The number of carbonyl (C=O) groups is 1. The van der Waals surface area contributed by atoms with E-state index < -0.39 is 5.97 Å². The summed E-state index contributed by atoms with van der Waals surface area (Å²) in [6.07, 6.45) is 2.67. The molecule has 0 spiro atoms. The minimum atomic E-state index is -1.10. The van der Waals surface area contributed by atoms with Gasteiger partial charge in [0.25, 0.3) is 0 Å². The molecule has 2 N–H and O–H groups in total. The second kappa shape index (κ2) is 4.92. The SMILES string of the molecule is CC(CO)Sc1cncc(C(=O)O)n1. The first-order valence-corrected chi connectivity index (χ1v) is 4.84. The average molecular weight is 214 g/mol. The third-order valence-electron chi connectivity index (χ3n) is 1.41. The third-order valence-corrected chi connectivity index (χ3v) is 2.40. The van der Waals surface area contributed by atoms with Gasteiger partial charge in [0.15, 0.2) is 5.69 Å². The molecule has 1 aromatic heterocycles. The van der Waals surface area contributed by atoms with Crippen LogP contribution in [0.4, 0.5) is 0 Å². The van der Waals surface area contributed by atoms with Gasteiger partial charge in [-0.2, -0.15) is 0 Å². The maximum absolute atomic E-state index is 10.5. The first-order valence-electron chi connectivity index (χ1n) is 3.96. The molecule has 0 radical (unpaired) electrons. The third kappa shape index (κ3) is 2.97. The van der Waals surface area contributed by atoms with E-state index in [4.69, 9.17) is 10.2 Å². The van der Waals surface area contributed by atoms with Gasteiger partial charge in [-0.05, 0) is 0 Å².